The minimum atomic E-state index is 0.167. The number of pyridine rings is 1. The van der Waals surface area contributed by atoms with Gasteiger partial charge in [-0.25, -0.2) is 0 Å². The zero-order chi connectivity index (χ0) is 11.9. The van der Waals surface area contributed by atoms with Crippen molar-refractivity contribution >= 4 is 5.91 Å². The lowest BCUT2D eigenvalue weighted by molar-refractivity contribution is -0.121. The molecule has 1 amide bonds. The van der Waals surface area contributed by atoms with E-state index in [1.807, 2.05) is 12.1 Å². The summed E-state index contributed by atoms with van der Waals surface area (Å²) >= 11 is 0. The first kappa shape index (κ1) is 12.1. The fourth-order valence-corrected chi connectivity index (χ4v) is 2.43. The van der Waals surface area contributed by atoms with Crippen LogP contribution < -0.4 is 5.32 Å². The van der Waals surface area contributed by atoms with Crippen molar-refractivity contribution in [3.8, 4) is 0 Å². The third-order valence-electron chi connectivity index (χ3n) is 3.47. The van der Waals surface area contributed by atoms with Gasteiger partial charge >= 0.3 is 0 Å². The normalized spacial score (nSPS) is 16.0. The van der Waals surface area contributed by atoms with Crippen LogP contribution in [0.4, 0.5) is 0 Å². The summed E-state index contributed by atoms with van der Waals surface area (Å²) in [6.07, 6.45) is 10.6. The Bertz CT molecular complexity index is 344. The van der Waals surface area contributed by atoms with Crippen LogP contribution >= 0.6 is 0 Å². The zero-order valence-corrected chi connectivity index (χ0v) is 10.2. The maximum Gasteiger partial charge on any atom is 0.220 e. The van der Waals surface area contributed by atoms with Crippen molar-refractivity contribution in [1.82, 2.24) is 10.3 Å². The lowest BCUT2D eigenvalue weighted by atomic mass is 10.0. The summed E-state index contributed by atoms with van der Waals surface area (Å²) in [7, 11) is 0. The standard InChI is InChI=1S/C14H20N2O/c17-14(8-7-12-4-1-2-5-12)16-11-13-6-3-9-15-10-13/h3,6,9-10,12H,1-2,4-5,7-8,11H2,(H,16,17). The lowest BCUT2D eigenvalue weighted by Crippen LogP contribution is -2.23. The molecule has 3 nitrogen and oxygen atoms in total. The van der Waals surface area contributed by atoms with Crippen molar-refractivity contribution in [2.45, 2.75) is 45.1 Å². The van der Waals surface area contributed by atoms with Crippen LogP contribution in [-0.2, 0) is 11.3 Å². The molecule has 1 aromatic rings. The maximum atomic E-state index is 11.6. The molecular formula is C14H20N2O. The van der Waals surface area contributed by atoms with Crippen LogP contribution in [-0.4, -0.2) is 10.9 Å². The van der Waals surface area contributed by atoms with E-state index in [4.69, 9.17) is 0 Å². The van der Waals surface area contributed by atoms with Gasteiger partial charge in [-0.15, -0.1) is 0 Å². The fraction of sp³-hybridized carbons (Fsp3) is 0.571. The van der Waals surface area contributed by atoms with Crippen molar-refractivity contribution in [3.63, 3.8) is 0 Å². The number of aromatic nitrogens is 1. The van der Waals surface area contributed by atoms with E-state index in [0.717, 1.165) is 17.9 Å². The Hall–Kier alpha value is -1.38. The number of nitrogens with zero attached hydrogens (tertiary/aromatic N) is 1. The molecule has 1 aromatic heterocycles. The molecule has 0 spiro atoms. The van der Waals surface area contributed by atoms with Crippen molar-refractivity contribution < 1.29 is 4.79 Å². The largest absolute Gasteiger partial charge is 0.352 e. The number of hydrogen-bond donors (Lipinski definition) is 1. The third kappa shape index (κ3) is 4.17. The first-order chi connectivity index (χ1) is 8.34. The predicted octanol–water partition coefficient (Wildman–Crippen LogP) is 2.67. The highest BCUT2D eigenvalue weighted by atomic mass is 16.1. The molecule has 0 aliphatic heterocycles. The van der Waals surface area contributed by atoms with Crippen molar-refractivity contribution in [1.29, 1.82) is 0 Å². The van der Waals surface area contributed by atoms with E-state index in [9.17, 15) is 4.79 Å². The van der Waals surface area contributed by atoms with Crippen LogP contribution in [0.1, 0.15) is 44.1 Å². The summed E-state index contributed by atoms with van der Waals surface area (Å²) in [6, 6.07) is 3.87. The SMILES string of the molecule is O=C(CCC1CCCC1)NCc1cccnc1. The van der Waals surface area contributed by atoms with E-state index in [1.54, 1.807) is 12.4 Å². The number of carbonyl (C=O) groups is 1. The van der Waals surface area contributed by atoms with Gasteiger partial charge in [0.25, 0.3) is 0 Å². The molecule has 2 rings (SSSR count). The summed E-state index contributed by atoms with van der Waals surface area (Å²) in [6.45, 7) is 0.595. The molecule has 1 fully saturated rings. The Balaban J connectivity index is 1.64. The van der Waals surface area contributed by atoms with Crippen molar-refractivity contribution in [2.24, 2.45) is 5.92 Å². The van der Waals surface area contributed by atoms with E-state index >= 15 is 0 Å². The first-order valence-corrected chi connectivity index (χ1v) is 6.50. The molecule has 1 heterocycles. The summed E-state index contributed by atoms with van der Waals surface area (Å²) in [4.78, 5) is 15.7. The van der Waals surface area contributed by atoms with Crippen LogP contribution in [0.3, 0.4) is 0 Å². The Morgan fingerprint density at radius 3 is 2.94 bits per heavy atom. The van der Waals surface area contributed by atoms with Crippen LogP contribution in [0.15, 0.2) is 24.5 Å². The molecule has 0 radical (unpaired) electrons. The minimum Gasteiger partial charge on any atom is -0.352 e. The van der Waals surface area contributed by atoms with Crippen LogP contribution in [0.2, 0.25) is 0 Å². The number of amides is 1. The summed E-state index contributed by atoms with van der Waals surface area (Å²) in [5.41, 5.74) is 1.06. The molecule has 1 saturated carbocycles. The Morgan fingerprint density at radius 1 is 1.41 bits per heavy atom. The van der Waals surface area contributed by atoms with Gasteiger partial charge in [0.05, 0.1) is 0 Å². The van der Waals surface area contributed by atoms with Crippen LogP contribution in [0, 0.1) is 5.92 Å². The molecule has 0 atom stereocenters. The predicted molar refractivity (Wildman–Crippen MR) is 67.3 cm³/mol. The van der Waals surface area contributed by atoms with Gasteiger partial charge in [-0.3, -0.25) is 9.78 Å². The third-order valence-corrected chi connectivity index (χ3v) is 3.47. The number of rotatable bonds is 5. The first-order valence-electron chi connectivity index (χ1n) is 6.50. The molecule has 1 aliphatic rings. The second-order valence-corrected chi connectivity index (χ2v) is 4.83. The van der Waals surface area contributed by atoms with Gasteiger partial charge in [-0.2, -0.15) is 0 Å². The lowest BCUT2D eigenvalue weighted by Gasteiger charge is -2.08. The highest BCUT2D eigenvalue weighted by Crippen LogP contribution is 2.28. The topological polar surface area (TPSA) is 42.0 Å². The van der Waals surface area contributed by atoms with E-state index < -0.39 is 0 Å². The number of carbonyl (C=O) groups excluding carboxylic acids is 1. The Labute approximate surface area is 103 Å². The molecule has 1 aliphatic carbocycles. The van der Waals surface area contributed by atoms with Gasteiger partial charge in [0.2, 0.25) is 5.91 Å². The van der Waals surface area contributed by atoms with Crippen LogP contribution in [0.5, 0.6) is 0 Å². The maximum absolute atomic E-state index is 11.6. The molecule has 0 unspecified atom stereocenters. The van der Waals surface area contributed by atoms with E-state index in [1.165, 1.54) is 25.7 Å². The summed E-state index contributed by atoms with van der Waals surface area (Å²) in [5, 5.41) is 2.94. The Morgan fingerprint density at radius 2 is 2.24 bits per heavy atom. The fourth-order valence-electron chi connectivity index (χ4n) is 2.43. The van der Waals surface area contributed by atoms with Gasteiger partial charge in [-0.1, -0.05) is 31.7 Å². The van der Waals surface area contributed by atoms with Gasteiger partial charge in [-0.05, 0) is 24.0 Å². The monoisotopic (exact) mass is 232 g/mol. The highest BCUT2D eigenvalue weighted by molar-refractivity contribution is 5.75. The Kier molecular flexibility index (Phi) is 4.54. The zero-order valence-electron chi connectivity index (χ0n) is 10.2. The van der Waals surface area contributed by atoms with Gasteiger partial charge in [0.15, 0.2) is 0 Å². The molecule has 0 saturated heterocycles. The second kappa shape index (κ2) is 6.38. The molecule has 0 aromatic carbocycles. The van der Waals surface area contributed by atoms with Crippen LogP contribution in [0.25, 0.3) is 0 Å². The summed E-state index contributed by atoms with van der Waals surface area (Å²) in [5.74, 6) is 0.958. The van der Waals surface area contributed by atoms with E-state index in [0.29, 0.717) is 13.0 Å². The second-order valence-electron chi connectivity index (χ2n) is 4.83. The van der Waals surface area contributed by atoms with Gasteiger partial charge in [0, 0.05) is 25.4 Å². The van der Waals surface area contributed by atoms with Gasteiger partial charge < -0.3 is 5.32 Å². The number of nitrogens with one attached hydrogen (secondary N) is 1. The van der Waals surface area contributed by atoms with Crippen molar-refractivity contribution in [2.75, 3.05) is 0 Å². The molecule has 17 heavy (non-hydrogen) atoms. The molecular weight excluding hydrogens is 212 g/mol. The quantitative estimate of drug-likeness (QED) is 0.848. The molecule has 0 bridgehead atoms. The minimum absolute atomic E-state index is 0.167. The van der Waals surface area contributed by atoms with Gasteiger partial charge in [0.1, 0.15) is 0 Å². The smallest absolute Gasteiger partial charge is 0.220 e. The molecule has 92 valence electrons. The van der Waals surface area contributed by atoms with Crippen molar-refractivity contribution in [3.05, 3.63) is 30.1 Å². The average molecular weight is 232 g/mol. The highest BCUT2D eigenvalue weighted by Gasteiger charge is 2.15. The molecule has 1 N–H and O–H groups in total. The van der Waals surface area contributed by atoms with E-state index in [2.05, 4.69) is 10.3 Å². The summed E-state index contributed by atoms with van der Waals surface area (Å²) < 4.78 is 0. The van der Waals surface area contributed by atoms with E-state index in [-0.39, 0.29) is 5.91 Å². The number of hydrogen-bond acceptors (Lipinski definition) is 2. The molecule has 3 heteroatoms. The average Bonchev–Trinajstić information content (AvgIpc) is 2.88.